The number of amides is 1. The first kappa shape index (κ1) is 20.8. The molecule has 6 nitrogen and oxygen atoms in total. The van der Waals surface area contributed by atoms with Crippen LogP contribution in [0.5, 0.6) is 0 Å². The number of fused-ring (bicyclic) bond motifs is 1. The van der Waals surface area contributed by atoms with Crippen molar-refractivity contribution in [1.82, 2.24) is 9.13 Å². The van der Waals surface area contributed by atoms with Crippen molar-refractivity contribution in [3.05, 3.63) is 91.4 Å². The maximum atomic E-state index is 13.4. The fourth-order valence-corrected chi connectivity index (χ4v) is 4.40. The van der Waals surface area contributed by atoms with Crippen LogP contribution in [0, 0.1) is 13.8 Å². The van der Waals surface area contributed by atoms with Gasteiger partial charge in [0.25, 0.3) is 5.56 Å². The van der Waals surface area contributed by atoms with Crippen LogP contribution in [0.2, 0.25) is 0 Å². The van der Waals surface area contributed by atoms with Gasteiger partial charge in [-0.1, -0.05) is 31.2 Å². The second-order valence-corrected chi connectivity index (χ2v) is 8.45. The molecule has 7 heteroatoms. The van der Waals surface area contributed by atoms with Crippen molar-refractivity contribution in [3.63, 3.8) is 0 Å². The van der Waals surface area contributed by atoms with Crippen LogP contribution in [0.4, 0.5) is 5.69 Å². The lowest BCUT2D eigenvalue weighted by atomic mass is 10.1. The minimum absolute atomic E-state index is 0.188. The highest BCUT2D eigenvalue weighted by atomic mass is 32.1. The zero-order valence-corrected chi connectivity index (χ0v) is 18.5. The molecule has 4 rings (SSSR count). The lowest BCUT2D eigenvalue weighted by Gasteiger charge is -2.14. The van der Waals surface area contributed by atoms with E-state index in [1.165, 1.54) is 26.0 Å². The monoisotopic (exact) mass is 433 g/mol. The molecule has 0 fully saturated rings. The molecule has 1 N–H and O–H groups in total. The third-order valence-electron chi connectivity index (χ3n) is 5.31. The molecule has 0 unspecified atom stereocenters. The molecule has 0 spiro atoms. The van der Waals surface area contributed by atoms with Gasteiger partial charge in [0, 0.05) is 5.69 Å². The highest BCUT2D eigenvalue weighted by Gasteiger charge is 2.18. The maximum absolute atomic E-state index is 13.4. The van der Waals surface area contributed by atoms with E-state index < -0.39 is 5.69 Å². The predicted octanol–water partition coefficient (Wildman–Crippen LogP) is 4.03. The summed E-state index contributed by atoms with van der Waals surface area (Å²) < 4.78 is 2.98. The molecule has 1 amide bonds. The van der Waals surface area contributed by atoms with Crippen LogP contribution in [0.1, 0.15) is 23.6 Å². The molecule has 2 heterocycles. The standard InChI is InChI=1S/C24H23N3O3S/c1-4-17-7-9-18(10-8-17)25-21(28)14-26-19-11-12-31-22(19)23(29)27(24(26)30)20-13-15(2)5-6-16(20)3/h5-13H,4,14H2,1-3H3,(H,25,28). The second kappa shape index (κ2) is 8.35. The summed E-state index contributed by atoms with van der Waals surface area (Å²) in [4.78, 5) is 39.3. The summed E-state index contributed by atoms with van der Waals surface area (Å²) in [7, 11) is 0. The molecule has 0 aliphatic heterocycles. The van der Waals surface area contributed by atoms with Crippen LogP contribution in [-0.4, -0.2) is 15.0 Å². The van der Waals surface area contributed by atoms with Crippen molar-refractivity contribution in [2.24, 2.45) is 0 Å². The van der Waals surface area contributed by atoms with Gasteiger partial charge in [-0.05, 0) is 66.6 Å². The van der Waals surface area contributed by atoms with Gasteiger partial charge in [0.05, 0.1) is 11.2 Å². The van der Waals surface area contributed by atoms with E-state index in [1.807, 2.05) is 56.3 Å². The van der Waals surface area contributed by atoms with Gasteiger partial charge in [-0.3, -0.25) is 14.2 Å². The minimum atomic E-state index is -0.527. The zero-order valence-electron chi connectivity index (χ0n) is 17.6. The number of rotatable bonds is 5. The van der Waals surface area contributed by atoms with E-state index in [2.05, 4.69) is 12.2 Å². The first-order valence-corrected chi connectivity index (χ1v) is 11.0. The molecular formula is C24H23N3O3S. The number of anilines is 1. The number of carbonyl (C=O) groups excluding carboxylic acids is 1. The maximum Gasteiger partial charge on any atom is 0.336 e. The second-order valence-electron chi connectivity index (χ2n) is 7.53. The number of thiophene rings is 1. The normalized spacial score (nSPS) is 11.1. The quantitative estimate of drug-likeness (QED) is 0.516. The lowest BCUT2D eigenvalue weighted by Crippen LogP contribution is -2.40. The molecule has 0 aliphatic rings. The molecule has 158 valence electrons. The number of benzene rings is 2. The Bertz CT molecular complexity index is 1390. The Morgan fingerprint density at radius 3 is 2.48 bits per heavy atom. The number of nitrogens with zero attached hydrogens (tertiary/aromatic N) is 2. The van der Waals surface area contributed by atoms with Crippen molar-refractivity contribution in [2.45, 2.75) is 33.7 Å². The first-order valence-electron chi connectivity index (χ1n) is 10.1. The fourth-order valence-electron chi connectivity index (χ4n) is 3.58. The summed E-state index contributed by atoms with van der Waals surface area (Å²) >= 11 is 1.27. The topological polar surface area (TPSA) is 73.1 Å². The lowest BCUT2D eigenvalue weighted by molar-refractivity contribution is -0.116. The Labute approximate surface area is 183 Å². The van der Waals surface area contributed by atoms with E-state index >= 15 is 0 Å². The van der Waals surface area contributed by atoms with Gasteiger partial charge in [-0.2, -0.15) is 0 Å². The molecule has 0 atom stereocenters. The van der Waals surface area contributed by atoms with Gasteiger partial charge >= 0.3 is 5.69 Å². The molecule has 2 aromatic carbocycles. The van der Waals surface area contributed by atoms with E-state index in [-0.39, 0.29) is 18.0 Å². The van der Waals surface area contributed by atoms with Crippen molar-refractivity contribution >= 4 is 33.1 Å². The van der Waals surface area contributed by atoms with E-state index in [0.29, 0.717) is 21.6 Å². The molecule has 0 saturated carbocycles. The highest BCUT2D eigenvalue weighted by molar-refractivity contribution is 7.17. The fraction of sp³-hybridized carbons (Fsp3) is 0.208. The van der Waals surface area contributed by atoms with Gasteiger partial charge < -0.3 is 5.32 Å². The van der Waals surface area contributed by atoms with Crippen LogP contribution in [-0.2, 0) is 17.8 Å². The average Bonchev–Trinajstić information content (AvgIpc) is 3.24. The number of aryl methyl sites for hydroxylation is 3. The van der Waals surface area contributed by atoms with E-state index in [9.17, 15) is 14.4 Å². The number of aromatic nitrogens is 2. The van der Waals surface area contributed by atoms with Gasteiger partial charge in [-0.25, -0.2) is 9.36 Å². The minimum Gasteiger partial charge on any atom is -0.325 e. The third-order valence-corrected chi connectivity index (χ3v) is 6.20. The number of hydrogen-bond acceptors (Lipinski definition) is 4. The Morgan fingerprint density at radius 2 is 1.77 bits per heavy atom. The van der Waals surface area contributed by atoms with Crippen LogP contribution >= 0.6 is 11.3 Å². The molecule has 4 aromatic rings. The molecule has 0 bridgehead atoms. The summed E-state index contributed by atoms with van der Waals surface area (Å²) in [6.45, 7) is 5.65. The Balaban J connectivity index is 1.78. The van der Waals surface area contributed by atoms with Crippen LogP contribution < -0.4 is 16.6 Å². The van der Waals surface area contributed by atoms with Gasteiger partial charge in [0.15, 0.2) is 0 Å². The number of hydrogen-bond donors (Lipinski definition) is 1. The summed E-state index contributed by atoms with van der Waals surface area (Å²) in [6.07, 6.45) is 0.916. The summed E-state index contributed by atoms with van der Waals surface area (Å²) in [5.41, 5.74) is 3.71. The van der Waals surface area contributed by atoms with Crippen molar-refractivity contribution in [2.75, 3.05) is 5.32 Å². The van der Waals surface area contributed by atoms with Crippen molar-refractivity contribution < 1.29 is 4.79 Å². The third kappa shape index (κ3) is 3.96. The van der Waals surface area contributed by atoms with Gasteiger partial charge in [-0.15, -0.1) is 11.3 Å². The van der Waals surface area contributed by atoms with Crippen LogP contribution in [0.25, 0.3) is 15.9 Å². The number of carbonyl (C=O) groups is 1. The summed E-state index contributed by atoms with van der Waals surface area (Å²) in [5, 5.41) is 4.60. The Morgan fingerprint density at radius 1 is 1.03 bits per heavy atom. The van der Waals surface area contributed by atoms with Crippen molar-refractivity contribution in [3.8, 4) is 5.69 Å². The molecule has 0 saturated heterocycles. The van der Waals surface area contributed by atoms with E-state index in [4.69, 9.17) is 0 Å². The van der Waals surface area contributed by atoms with Crippen LogP contribution in [0.15, 0.2) is 63.5 Å². The van der Waals surface area contributed by atoms with E-state index in [0.717, 1.165) is 17.5 Å². The predicted molar refractivity (Wildman–Crippen MR) is 126 cm³/mol. The Kier molecular flexibility index (Phi) is 5.61. The highest BCUT2D eigenvalue weighted by Crippen LogP contribution is 2.19. The largest absolute Gasteiger partial charge is 0.336 e. The molecule has 0 radical (unpaired) electrons. The molecule has 31 heavy (non-hydrogen) atoms. The molecule has 0 aliphatic carbocycles. The smallest absolute Gasteiger partial charge is 0.325 e. The first-order chi connectivity index (χ1) is 14.9. The van der Waals surface area contributed by atoms with Gasteiger partial charge in [0.1, 0.15) is 11.2 Å². The Hall–Kier alpha value is -3.45. The summed E-state index contributed by atoms with van der Waals surface area (Å²) in [5.74, 6) is -0.329. The molecular weight excluding hydrogens is 410 g/mol. The average molecular weight is 434 g/mol. The number of nitrogens with one attached hydrogen (secondary N) is 1. The summed E-state index contributed by atoms with van der Waals surface area (Å²) in [6, 6.07) is 14.9. The van der Waals surface area contributed by atoms with Crippen LogP contribution in [0.3, 0.4) is 0 Å². The zero-order chi connectivity index (χ0) is 22.1. The van der Waals surface area contributed by atoms with E-state index in [1.54, 1.807) is 11.4 Å². The van der Waals surface area contributed by atoms with Gasteiger partial charge in [0.2, 0.25) is 5.91 Å². The van der Waals surface area contributed by atoms with Crippen molar-refractivity contribution in [1.29, 1.82) is 0 Å². The molecule has 2 aromatic heterocycles. The SMILES string of the molecule is CCc1ccc(NC(=O)Cn2c(=O)n(-c3cc(C)ccc3C)c(=O)c3sccc32)cc1.